The number of nitrogens with one attached hydrogen (secondary N) is 2. The molecular formula is C20H29N5O4. The number of aliphatic hydroxyl groups excluding tert-OH is 1. The molecule has 0 aromatic carbocycles. The van der Waals surface area contributed by atoms with E-state index in [1.54, 1.807) is 37.0 Å². The molecule has 0 saturated carbocycles. The zero-order valence-electron chi connectivity index (χ0n) is 17.4. The number of carbonyl (C=O) groups excluding carboxylic acids is 1. The number of likely N-dealkylation sites (N-methyl/N-ethyl adjacent to an activating group) is 1. The number of aryl methyl sites for hydroxylation is 1. The number of amides is 1. The second kappa shape index (κ2) is 10.6. The van der Waals surface area contributed by atoms with Crippen LogP contribution in [0.1, 0.15) is 26.5 Å². The van der Waals surface area contributed by atoms with Gasteiger partial charge in [-0.1, -0.05) is 6.58 Å². The fraction of sp³-hybridized carbons (Fsp3) is 0.450. The van der Waals surface area contributed by atoms with Gasteiger partial charge in [-0.25, -0.2) is 14.5 Å². The smallest absolute Gasteiger partial charge is 0.411 e. The van der Waals surface area contributed by atoms with Gasteiger partial charge in [0.05, 0.1) is 29.6 Å². The van der Waals surface area contributed by atoms with Gasteiger partial charge in [0.15, 0.2) is 5.65 Å². The number of allylic oxidation sites excluding steroid dienone is 2. The summed E-state index contributed by atoms with van der Waals surface area (Å²) in [6.07, 6.45) is 2.24. The molecule has 0 saturated heterocycles. The number of anilines is 1. The molecule has 2 rings (SSSR count). The largest absolute Gasteiger partial charge is 0.491 e. The SMILES string of the molecule is C=C(/C=C(\C)c1cc(NC(=O)OCC)c2cnn(CC)c2n1)OCC(O)CNC. The van der Waals surface area contributed by atoms with E-state index in [1.165, 1.54) is 0 Å². The molecule has 0 radical (unpaired) electrons. The predicted octanol–water partition coefficient (Wildman–Crippen LogP) is 2.53. The predicted molar refractivity (Wildman–Crippen MR) is 113 cm³/mol. The Bertz CT molecular complexity index is 890. The summed E-state index contributed by atoms with van der Waals surface area (Å²) in [5, 5.41) is 20.4. The molecule has 9 nitrogen and oxygen atoms in total. The Balaban J connectivity index is 2.30. The molecule has 0 bridgehead atoms. The van der Waals surface area contributed by atoms with E-state index in [0.717, 1.165) is 11.0 Å². The Morgan fingerprint density at radius 3 is 2.83 bits per heavy atom. The molecule has 9 heteroatoms. The molecule has 2 heterocycles. The minimum Gasteiger partial charge on any atom is -0.491 e. The van der Waals surface area contributed by atoms with Gasteiger partial charge >= 0.3 is 6.09 Å². The van der Waals surface area contributed by atoms with Gasteiger partial charge < -0.3 is 19.9 Å². The van der Waals surface area contributed by atoms with E-state index in [0.29, 0.717) is 35.9 Å². The fourth-order valence-corrected chi connectivity index (χ4v) is 2.72. The Kier molecular flexibility index (Phi) is 8.17. The van der Waals surface area contributed by atoms with E-state index in [4.69, 9.17) is 9.47 Å². The Labute approximate surface area is 170 Å². The molecule has 1 unspecified atom stereocenters. The van der Waals surface area contributed by atoms with Crippen molar-refractivity contribution in [2.75, 3.05) is 32.1 Å². The second-order valence-corrected chi connectivity index (χ2v) is 6.41. The first-order chi connectivity index (χ1) is 13.9. The van der Waals surface area contributed by atoms with Crippen molar-refractivity contribution in [3.05, 3.63) is 36.4 Å². The third-order valence-corrected chi connectivity index (χ3v) is 4.10. The van der Waals surface area contributed by atoms with Crippen LogP contribution in [0.2, 0.25) is 0 Å². The first-order valence-corrected chi connectivity index (χ1v) is 9.52. The van der Waals surface area contributed by atoms with Crippen LogP contribution in [0.3, 0.4) is 0 Å². The standard InChI is InChI=1S/C20H29N5O4/c1-6-25-19-16(11-22-25)18(24-20(27)28-7-2)9-17(23-19)13(3)8-14(4)29-12-15(26)10-21-5/h8-9,11,15,21,26H,4,6-7,10,12H2,1-3,5H3,(H,23,24,27)/b13-8+. The molecule has 29 heavy (non-hydrogen) atoms. The van der Waals surface area contributed by atoms with Gasteiger partial charge in [-0.3, -0.25) is 5.32 Å². The van der Waals surface area contributed by atoms with Gasteiger partial charge in [-0.2, -0.15) is 5.10 Å². The summed E-state index contributed by atoms with van der Waals surface area (Å²) in [5.74, 6) is 0.406. The quantitative estimate of drug-likeness (QED) is 0.413. The van der Waals surface area contributed by atoms with Crippen molar-refractivity contribution < 1.29 is 19.4 Å². The average molecular weight is 403 g/mol. The topological polar surface area (TPSA) is 111 Å². The number of nitrogens with zero attached hydrogens (tertiary/aromatic N) is 3. The second-order valence-electron chi connectivity index (χ2n) is 6.41. The maximum absolute atomic E-state index is 11.9. The van der Waals surface area contributed by atoms with Gasteiger partial charge in [-0.15, -0.1) is 0 Å². The van der Waals surface area contributed by atoms with Gasteiger partial charge in [0.2, 0.25) is 0 Å². The lowest BCUT2D eigenvalue weighted by Crippen LogP contribution is -2.27. The van der Waals surface area contributed by atoms with Gasteiger partial charge in [0.25, 0.3) is 0 Å². The van der Waals surface area contributed by atoms with Crippen LogP contribution in [0.15, 0.2) is 30.7 Å². The average Bonchev–Trinajstić information content (AvgIpc) is 3.10. The lowest BCUT2D eigenvalue weighted by Gasteiger charge is -2.13. The lowest BCUT2D eigenvalue weighted by molar-refractivity contribution is 0.0772. The summed E-state index contributed by atoms with van der Waals surface area (Å²) in [5.41, 5.74) is 2.64. The Morgan fingerprint density at radius 1 is 1.41 bits per heavy atom. The van der Waals surface area contributed by atoms with Crippen LogP contribution < -0.4 is 10.6 Å². The Morgan fingerprint density at radius 2 is 2.17 bits per heavy atom. The highest BCUT2D eigenvalue weighted by atomic mass is 16.5. The summed E-state index contributed by atoms with van der Waals surface area (Å²) in [4.78, 5) is 16.6. The monoisotopic (exact) mass is 403 g/mol. The molecule has 0 spiro atoms. The normalized spacial score (nSPS) is 12.7. The molecule has 1 amide bonds. The molecule has 158 valence electrons. The van der Waals surface area contributed by atoms with E-state index in [2.05, 4.69) is 27.3 Å². The van der Waals surface area contributed by atoms with Crippen LogP contribution in [0.4, 0.5) is 10.5 Å². The third-order valence-electron chi connectivity index (χ3n) is 4.10. The van der Waals surface area contributed by atoms with E-state index < -0.39 is 12.2 Å². The van der Waals surface area contributed by atoms with Crippen molar-refractivity contribution in [3.8, 4) is 0 Å². The molecular weight excluding hydrogens is 374 g/mol. The molecule has 0 aliphatic rings. The highest BCUT2D eigenvalue weighted by Gasteiger charge is 2.14. The third kappa shape index (κ3) is 6.03. The molecule has 2 aromatic rings. The lowest BCUT2D eigenvalue weighted by atomic mass is 10.1. The summed E-state index contributed by atoms with van der Waals surface area (Å²) in [6, 6.07) is 1.76. The number of ether oxygens (including phenoxy) is 2. The van der Waals surface area contributed by atoms with Gasteiger partial charge in [-0.05, 0) is 45.5 Å². The number of aliphatic hydroxyl groups is 1. The van der Waals surface area contributed by atoms with Crippen LogP contribution in [0, 0.1) is 0 Å². The van der Waals surface area contributed by atoms with Crippen molar-refractivity contribution >= 4 is 28.4 Å². The summed E-state index contributed by atoms with van der Waals surface area (Å²) >= 11 is 0. The van der Waals surface area contributed by atoms with Crippen LogP contribution in [0.5, 0.6) is 0 Å². The zero-order chi connectivity index (χ0) is 21.4. The van der Waals surface area contributed by atoms with E-state index in [1.807, 2.05) is 13.8 Å². The van der Waals surface area contributed by atoms with Crippen molar-refractivity contribution in [3.63, 3.8) is 0 Å². The molecule has 0 aliphatic carbocycles. The van der Waals surface area contributed by atoms with Crippen molar-refractivity contribution in [2.24, 2.45) is 0 Å². The van der Waals surface area contributed by atoms with E-state index >= 15 is 0 Å². The summed E-state index contributed by atoms with van der Waals surface area (Å²) in [7, 11) is 1.76. The highest BCUT2D eigenvalue weighted by Crippen LogP contribution is 2.27. The summed E-state index contributed by atoms with van der Waals surface area (Å²) < 4.78 is 12.2. The zero-order valence-corrected chi connectivity index (χ0v) is 17.4. The van der Waals surface area contributed by atoms with Gasteiger partial charge in [0.1, 0.15) is 18.5 Å². The van der Waals surface area contributed by atoms with Crippen LogP contribution in [-0.4, -0.2) is 58.9 Å². The van der Waals surface area contributed by atoms with Crippen LogP contribution in [0.25, 0.3) is 16.6 Å². The van der Waals surface area contributed by atoms with Crippen molar-refractivity contribution in [1.82, 2.24) is 20.1 Å². The maximum atomic E-state index is 11.9. The molecule has 2 aromatic heterocycles. The first-order valence-electron chi connectivity index (χ1n) is 9.52. The van der Waals surface area contributed by atoms with Crippen LogP contribution in [-0.2, 0) is 16.0 Å². The summed E-state index contributed by atoms with van der Waals surface area (Å²) in [6.45, 7) is 10.9. The van der Waals surface area contributed by atoms with Crippen molar-refractivity contribution in [1.29, 1.82) is 0 Å². The minimum atomic E-state index is -0.626. The molecule has 0 aliphatic heterocycles. The molecule has 0 fully saturated rings. The number of pyridine rings is 1. The highest BCUT2D eigenvalue weighted by molar-refractivity contribution is 5.98. The number of carbonyl (C=O) groups is 1. The van der Waals surface area contributed by atoms with Crippen LogP contribution >= 0.6 is 0 Å². The van der Waals surface area contributed by atoms with E-state index in [-0.39, 0.29) is 13.2 Å². The number of fused-ring (bicyclic) bond motifs is 1. The number of aromatic nitrogens is 3. The first kappa shape index (κ1) is 22.4. The van der Waals surface area contributed by atoms with Crippen molar-refractivity contribution in [2.45, 2.75) is 33.4 Å². The maximum Gasteiger partial charge on any atom is 0.411 e. The molecule has 3 N–H and O–H groups in total. The van der Waals surface area contributed by atoms with E-state index in [9.17, 15) is 9.90 Å². The van der Waals surface area contributed by atoms with Gasteiger partial charge in [0, 0.05) is 13.1 Å². The Hall–Kier alpha value is -2.91. The molecule has 1 atom stereocenters. The minimum absolute atomic E-state index is 0.133. The number of hydrogen-bond acceptors (Lipinski definition) is 7. The fourth-order valence-electron chi connectivity index (χ4n) is 2.72. The number of hydrogen-bond donors (Lipinski definition) is 3. The number of rotatable bonds is 10.